The molecule has 0 aliphatic heterocycles. The number of rotatable bonds is 0. The SMILES string of the molecule is CC(C)(C)c1ccc(O)cc1.O=[N+]([O-])O. The van der Waals surface area contributed by atoms with E-state index in [-0.39, 0.29) is 5.41 Å². The lowest BCUT2D eigenvalue weighted by molar-refractivity contribution is -0.742. The molecule has 0 aromatic heterocycles. The predicted molar refractivity (Wildman–Crippen MR) is 55.6 cm³/mol. The second kappa shape index (κ2) is 5.19. The average molecular weight is 213 g/mol. The first-order valence-corrected chi connectivity index (χ1v) is 4.36. The highest BCUT2D eigenvalue weighted by molar-refractivity contribution is 5.29. The Kier molecular flexibility index (Phi) is 4.57. The summed E-state index contributed by atoms with van der Waals surface area (Å²) in [4.78, 5) is 8.36. The third kappa shape index (κ3) is 6.31. The Morgan fingerprint density at radius 1 is 1.20 bits per heavy atom. The average Bonchev–Trinajstić information content (AvgIpc) is 2.01. The maximum absolute atomic E-state index is 9.02. The Bertz CT molecular complexity index is 309. The van der Waals surface area contributed by atoms with Gasteiger partial charge in [-0.3, -0.25) is 0 Å². The second-order valence-electron chi connectivity index (χ2n) is 4.03. The lowest BCUT2D eigenvalue weighted by atomic mass is 9.87. The fourth-order valence-corrected chi connectivity index (χ4v) is 0.961. The summed E-state index contributed by atoms with van der Waals surface area (Å²) >= 11 is 0. The highest BCUT2D eigenvalue weighted by Crippen LogP contribution is 2.23. The molecule has 1 aromatic rings. The number of phenols is 1. The lowest BCUT2D eigenvalue weighted by Gasteiger charge is -2.18. The van der Waals surface area contributed by atoms with Gasteiger partial charge in [-0.15, -0.1) is 10.1 Å². The molecule has 0 amide bonds. The Balaban J connectivity index is 0.000000423. The van der Waals surface area contributed by atoms with Gasteiger partial charge in [0.15, 0.2) is 0 Å². The van der Waals surface area contributed by atoms with E-state index in [1.807, 2.05) is 12.1 Å². The molecule has 0 aliphatic rings. The van der Waals surface area contributed by atoms with Crippen molar-refractivity contribution in [2.75, 3.05) is 0 Å². The molecule has 0 saturated heterocycles. The van der Waals surface area contributed by atoms with Crippen molar-refractivity contribution in [3.8, 4) is 5.75 Å². The molecule has 0 atom stereocenters. The molecule has 0 aliphatic carbocycles. The smallest absolute Gasteiger partial charge is 0.291 e. The highest BCUT2D eigenvalue weighted by atomic mass is 16.9. The van der Waals surface area contributed by atoms with Crippen LogP contribution in [-0.2, 0) is 5.41 Å². The molecule has 15 heavy (non-hydrogen) atoms. The van der Waals surface area contributed by atoms with Crippen molar-refractivity contribution in [3.63, 3.8) is 0 Å². The van der Waals surface area contributed by atoms with E-state index in [1.54, 1.807) is 12.1 Å². The van der Waals surface area contributed by atoms with E-state index in [0.717, 1.165) is 0 Å². The van der Waals surface area contributed by atoms with Crippen molar-refractivity contribution in [1.29, 1.82) is 0 Å². The monoisotopic (exact) mass is 213 g/mol. The van der Waals surface area contributed by atoms with Crippen molar-refractivity contribution in [2.24, 2.45) is 0 Å². The van der Waals surface area contributed by atoms with Gasteiger partial charge in [-0.1, -0.05) is 32.9 Å². The quantitative estimate of drug-likeness (QED) is 0.511. The predicted octanol–water partition coefficient (Wildman–Crippen LogP) is 2.34. The van der Waals surface area contributed by atoms with E-state index in [1.165, 1.54) is 5.56 Å². The van der Waals surface area contributed by atoms with Gasteiger partial charge < -0.3 is 10.3 Å². The molecule has 84 valence electrons. The lowest BCUT2D eigenvalue weighted by Crippen LogP contribution is -2.10. The zero-order chi connectivity index (χ0) is 12.1. The van der Waals surface area contributed by atoms with Crippen LogP contribution in [0.1, 0.15) is 26.3 Å². The van der Waals surface area contributed by atoms with Gasteiger partial charge in [0.2, 0.25) is 0 Å². The molecule has 2 N–H and O–H groups in total. The first-order chi connectivity index (χ1) is 6.73. The van der Waals surface area contributed by atoms with E-state index in [0.29, 0.717) is 5.75 Å². The van der Waals surface area contributed by atoms with Gasteiger partial charge in [0.25, 0.3) is 5.09 Å². The molecular weight excluding hydrogens is 198 g/mol. The molecule has 0 bridgehead atoms. The van der Waals surface area contributed by atoms with Gasteiger partial charge in [-0.05, 0) is 23.1 Å². The van der Waals surface area contributed by atoms with E-state index in [2.05, 4.69) is 20.8 Å². The first kappa shape index (κ1) is 13.2. The summed E-state index contributed by atoms with van der Waals surface area (Å²) in [5.41, 5.74) is 1.42. The van der Waals surface area contributed by atoms with Crippen molar-refractivity contribution in [2.45, 2.75) is 26.2 Å². The van der Waals surface area contributed by atoms with Crippen molar-refractivity contribution < 1.29 is 15.4 Å². The van der Waals surface area contributed by atoms with Gasteiger partial charge in [-0.2, -0.15) is 0 Å². The van der Waals surface area contributed by atoms with Gasteiger partial charge >= 0.3 is 0 Å². The third-order valence-electron chi connectivity index (χ3n) is 1.73. The summed E-state index contributed by atoms with van der Waals surface area (Å²) in [6.45, 7) is 6.46. The molecule has 0 fully saturated rings. The minimum absolute atomic E-state index is 0.174. The zero-order valence-corrected chi connectivity index (χ0v) is 8.97. The molecule has 5 nitrogen and oxygen atoms in total. The fraction of sp³-hybridized carbons (Fsp3) is 0.400. The number of aromatic hydroxyl groups is 1. The van der Waals surface area contributed by atoms with Crippen LogP contribution in [0, 0.1) is 10.1 Å². The molecule has 0 unspecified atom stereocenters. The molecule has 0 spiro atoms. The van der Waals surface area contributed by atoms with E-state index < -0.39 is 5.09 Å². The van der Waals surface area contributed by atoms with Gasteiger partial charge in [0, 0.05) is 0 Å². The van der Waals surface area contributed by atoms with Crippen LogP contribution in [0.5, 0.6) is 5.75 Å². The van der Waals surface area contributed by atoms with E-state index in [9.17, 15) is 0 Å². The Labute approximate surface area is 88.1 Å². The molecule has 1 aromatic carbocycles. The van der Waals surface area contributed by atoms with Crippen LogP contribution >= 0.6 is 0 Å². The van der Waals surface area contributed by atoms with Crippen LogP contribution < -0.4 is 0 Å². The third-order valence-corrected chi connectivity index (χ3v) is 1.73. The number of benzene rings is 1. The van der Waals surface area contributed by atoms with Crippen LogP contribution in [-0.4, -0.2) is 15.4 Å². The van der Waals surface area contributed by atoms with Crippen LogP contribution in [0.3, 0.4) is 0 Å². The summed E-state index contributed by atoms with van der Waals surface area (Å²) < 4.78 is 0. The number of nitrogens with zero attached hydrogens (tertiary/aromatic N) is 1. The molecule has 5 heteroatoms. The van der Waals surface area contributed by atoms with Crippen molar-refractivity contribution in [1.82, 2.24) is 0 Å². The summed E-state index contributed by atoms with van der Waals surface area (Å²) in [6.07, 6.45) is 0. The maximum atomic E-state index is 9.02. The van der Waals surface area contributed by atoms with E-state index in [4.69, 9.17) is 20.4 Å². The Morgan fingerprint density at radius 2 is 1.53 bits per heavy atom. The number of hydrogen-bond donors (Lipinski definition) is 2. The Hall–Kier alpha value is -1.78. The number of phenolic OH excluding ortho intramolecular Hbond substituents is 1. The van der Waals surface area contributed by atoms with Crippen LogP contribution in [0.2, 0.25) is 0 Å². The zero-order valence-electron chi connectivity index (χ0n) is 8.97. The van der Waals surface area contributed by atoms with Crippen LogP contribution in [0.15, 0.2) is 24.3 Å². The molecule has 0 heterocycles. The second-order valence-corrected chi connectivity index (χ2v) is 4.03. The molecule has 1 rings (SSSR count). The largest absolute Gasteiger partial charge is 0.508 e. The normalized spacial score (nSPS) is 10.1. The summed E-state index contributed by atoms with van der Waals surface area (Å²) in [6, 6.07) is 7.35. The highest BCUT2D eigenvalue weighted by Gasteiger charge is 2.12. The molecular formula is C10H15NO4. The standard InChI is InChI=1S/C10H14O.HNO3/c1-10(2,3)8-4-6-9(11)7-5-8;2-1(3)4/h4-7,11H,1-3H3;(H,2,3,4). The minimum atomic E-state index is -1.50. The molecule has 0 radical (unpaired) electrons. The van der Waals surface area contributed by atoms with Crippen molar-refractivity contribution >= 4 is 0 Å². The summed E-state index contributed by atoms with van der Waals surface area (Å²) in [5, 5.41) is 22.7. The topological polar surface area (TPSA) is 83.6 Å². The van der Waals surface area contributed by atoms with Gasteiger partial charge in [-0.25, -0.2) is 0 Å². The van der Waals surface area contributed by atoms with Crippen LogP contribution in [0.4, 0.5) is 0 Å². The van der Waals surface area contributed by atoms with Crippen molar-refractivity contribution in [3.05, 3.63) is 39.9 Å². The number of hydrogen-bond acceptors (Lipinski definition) is 3. The summed E-state index contributed by atoms with van der Waals surface area (Å²) in [7, 11) is 0. The van der Waals surface area contributed by atoms with Crippen LogP contribution in [0.25, 0.3) is 0 Å². The fourth-order valence-electron chi connectivity index (χ4n) is 0.961. The summed E-state index contributed by atoms with van der Waals surface area (Å²) in [5.74, 6) is 0.331. The van der Waals surface area contributed by atoms with E-state index >= 15 is 0 Å². The minimum Gasteiger partial charge on any atom is -0.508 e. The van der Waals surface area contributed by atoms with Gasteiger partial charge in [0.1, 0.15) is 5.75 Å². The first-order valence-electron chi connectivity index (χ1n) is 4.36. The van der Waals surface area contributed by atoms with Gasteiger partial charge in [0.05, 0.1) is 0 Å². The Morgan fingerprint density at radius 3 is 1.80 bits per heavy atom. The maximum Gasteiger partial charge on any atom is 0.291 e. The molecule has 0 saturated carbocycles.